The maximum atomic E-state index is 10.2. The summed E-state index contributed by atoms with van der Waals surface area (Å²) in [6.45, 7) is 0. The van der Waals surface area contributed by atoms with Gasteiger partial charge in [-0.2, -0.15) is 0 Å². The summed E-state index contributed by atoms with van der Waals surface area (Å²) in [7, 11) is 0. The molecule has 17 heavy (non-hydrogen) atoms. The average molecular weight is 231 g/mol. The maximum Gasteiger partial charge on any atom is 0.120 e. The number of nitrogens with two attached hydrogens (primary N) is 1. The van der Waals surface area contributed by atoms with Crippen molar-refractivity contribution in [2.24, 2.45) is 5.73 Å². The fourth-order valence-corrected chi connectivity index (χ4v) is 3.36. The molecule has 1 aromatic carbocycles. The number of hydrogen-bond donors (Lipinski definition) is 2. The second kappa shape index (κ2) is 4.02. The molecule has 0 radical (unpaired) electrons. The van der Waals surface area contributed by atoms with Gasteiger partial charge in [-0.3, -0.25) is 0 Å². The number of rotatable bonds is 1. The highest BCUT2D eigenvalue weighted by atomic mass is 16.3. The Labute approximate surface area is 103 Å². The summed E-state index contributed by atoms with van der Waals surface area (Å²) in [5.74, 6) is 0.424. The molecule has 92 valence electrons. The van der Waals surface area contributed by atoms with Crippen LogP contribution in [0.2, 0.25) is 0 Å². The zero-order valence-electron chi connectivity index (χ0n) is 10.3. The number of phenols is 1. The lowest BCUT2D eigenvalue weighted by Gasteiger charge is -2.40. The molecule has 0 aromatic heterocycles. The van der Waals surface area contributed by atoms with Gasteiger partial charge in [0.05, 0.1) is 0 Å². The average Bonchev–Trinajstić information content (AvgIpc) is 2.51. The van der Waals surface area contributed by atoms with Gasteiger partial charge in [0.25, 0.3) is 0 Å². The van der Waals surface area contributed by atoms with Crippen molar-refractivity contribution in [1.29, 1.82) is 0 Å². The quantitative estimate of drug-likeness (QED) is 0.730. The number of aryl methyl sites for hydroxylation is 1. The van der Waals surface area contributed by atoms with Gasteiger partial charge < -0.3 is 10.8 Å². The van der Waals surface area contributed by atoms with Gasteiger partial charge in [0.2, 0.25) is 0 Å². The van der Waals surface area contributed by atoms with E-state index in [9.17, 15) is 5.11 Å². The molecular formula is C15H21NO. The first kappa shape index (κ1) is 11.1. The highest BCUT2D eigenvalue weighted by molar-refractivity contribution is 5.50. The predicted molar refractivity (Wildman–Crippen MR) is 69.1 cm³/mol. The van der Waals surface area contributed by atoms with Crippen LogP contribution in [-0.4, -0.2) is 5.11 Å². The van der Waals surface area contributed by atoms with Crippen LogP contribution >= 0.6 is 0 Å². The SMILES string of the molecule is NC1(c2c(O)ccc3c2CCCCC3)CCC1. The Morgan fingerprint density at radius 3 is 2.47 bits per heavy atom. The van der Waals surface area contributed by atoms with Crippen LogP contribution in [0.4, 0.5) is 0 Å². The zero-order chi connectivity index (χ0) is 11.9. The molecule has 0 saturated heterocycles. The summed E-state index contributed by atoms with van der Waals surface area (Å²) in [4.78, 5) is 0. The minimum absolute atomic E-state index is 0.236. The van der Waals surface area contributed by atoms with Crippen LogP contribution in [0.15, 0.2) is 12.1 Å². The van der Waals surface area contributed by atoms with Gasteiger partial charge in [0, 0.05) is 11.1 Å². The first-order valence-corrected chi connectivity index (χ1v) is 6.84. The van der Waals surface area contributed by atoms with E-state index in [1.54, 1.807) is 0 Å². The fraction of sp³-hybridized carbons (Fsp3) is 0.600. The minimum Gasteiger partial charge on any atom is -0.508 e. The van der Waals surface area contributed by atoms with Crippen LogP contribution in [0, 0.1) is 0 Å². The van der Waals surface area contributed by atoms with E-state index in [1.165, 1.54) is 36.8 Å². The third-order valence-electron chi connectivity index (χ3n) is 4.50. The number of benzene rings is 1. The van der Waals surface area contributed by atoms with Crippen LogP contribution in [0.3, 0.4) is 0 Å². The summed E-state index contributed by atoms with van der Waals surface area (Å²) in [6, 6.07) is 3.95. The Hall–Kier alpha value is -1.02. The number of hydrogen-bond acceptors (Lipinski definition) is 2. The molecule has 1 fully saturated rings. The first-order chi connectivity index (χ1) is 8.21. The van der Waals surface area contributed by atoms with Crippen molar-refractivity contribution in [3.05, 3.63) is 28.8 Å². The molecule has 1 saturated carbocycles. The van der Waals surface area contributed by atoms with Crippen molar-refractivity contribution in [1.82, 2.24) is 0 Å². The molecular weight excluding hydrogens is 210 g/mol. The van der Waals surface area contributed by atoms with E-state index >= 15 is 0 Å². The Morgan fingerprint density at radius 1 is 1.00 bits per heavy atom. The minimum atomic E-state index is -0.236. The molecule has 0 aliphatic heterocycles. The van der Waals surface area contributed by atoms with Gasteiger partial charge in [0.15, 0.2) is 0 Å². The highest BCUT2D eigenvalue weighted by Crippen LogP contribution is 2.45. The third-order valence-corrected chi connectivity index (χ3v) is 4.50. The molecule has 0 amide bonds. The van der Waals surface area contributed by atoms with E-state index in [0.29, 0.717) is 5.75 Å². The van der Waals surface area contributed by atoms with E-state index in [4.69, 9.17) is 5.73 Å². The van der Waals surface area contributed by atoms with Crippen molar-refractivity contribution >= 4 is 0 Å². The predicted octanol–water partition coefficient (Wildman–Crippen LogP) is 3.00. The molecule has 3 N–H and O–H groups in total. The molecule has 0 heterocycles. The van der Waals surface area contributed by atoms with Crippen LogP contribution in [-0.2, 0) is 18.4 Å². The second-order valence-electron chi connectivity index (χ2n) is 5.67. The zero-order valence-corrected chi connectivity index (χ0v) is 10.3. The molecule has 2 aliphatic carbocycles. The van der Waals surface area contributed by atoms with E-state index in [1.807, 2.05) is 6.07 Å². The molecule has 0 atom stereocenters. The van der Waals surface area contributed by atoms with E-state index in [-0.39, 0.29) is 5.54 Å². The maximum absolute atomic E-state index is 10.2. The first-order valence-electron chi connectivity index (χ1n) is 6.84. The lowest BCUT2D eigenvalue weighted by molar-refractivity contribution is 0.243. The van der Waals surface area contributed by atoms with Crippen molar-refractivity contribution in [3.8, 4) is 5.75 Å². The molecule has 2 nitrogen and oxygen atoms in total. The third kappa shape index (κ3) is 1.75. The summed E-state index contributed by atoms with van der Waals surface area (Å²) in [6.07, 6.45) is 9.30. The molecule has 0 unspecified atom stereocenters. The van der Waals surface area contributed by atoms with Crippen molar-refractivity contribution in [3.63, 3.8) is 0 Å². The van der Waals surface area contributed by atoms with Crippen molar-refractivity contribution in [2.75, 3.05) is 0 Å². The summed E-state index contributed by atoms with van der Waals surface area (Å²) in [5, 5.41) is 10.2. The fourth-order valence-electron chi connectivity index (χ4n) is 3.36. The van der Waals surface area contributed by atoms with Gasteiger partial charge in [-0.25, -0.2) is 0 Å². The largest absolute Gasteiger partial charge is 0.508 e. The molecule has 0 spiro atoms. The number of aromatic hydroxyl groups is 1. The van der Waals surface area contributed by atoms with E-state index < -0.39 is 0 Å². The summed E-state index contributed by atoms with van der Waals surface area (Å²) >= 11 is 0. The summed E-state index contributed by atoms with van der Waals surface area (Å²) < 4.78 is 0. The molecule has 3 rings (SSSR count). The normalized spacial score (nSPS) is 22.4. The van der Waals surface area contributed by atoms with Gasteiger partial charge in [0.1, 0.15) is 5.75 Å². The number of fused-ring (bicyclic) bond motifs is 1. The Bertz CT molecular complexity index is 435. The lowest BCUT2D eigenvalue weighted by atomic mass is 9.70. The monoisotopic (exact) mass is 231 g/mol. The lowest BCUT2D eigenvalue weighted by Crippen LogP contribution is -2.44. The van der Waals surface area contributed by atoms with Crippen LogP contribution < -0.4 is 5.73 Å². The van der Waals surface area contributed by atoms with Crippen LogP contribution in [0.5, 0.6) is 5.75 Å². The standard InChI is InChI=1S/C15H21NO/c16-15(9-4-10-15)14-12-6-3-1-2-5-11(12)7-8-13(14)17/h7-8,17H,1-6,9-10,16H2. The van der Waals surface area contributed by atoms with Crippen LogP contribution in [0.25, 0.3) is 0 Å². The van der Waals surface area contributed by atoms with Crippen molar-refractivity contribution in [2.45, 2.75) is 56.9 Å². The Morgan fingerprint density at radius 2 is 1.76 bits per heavy atom. The number of phenolic OH excluding ortho intramolecular Hbond substituents is 1. The topological polar surface area (TPSA) is 46.2 Å². The molecule has 2 aliphatic rings. The molecule has 0 bridgehead atoms. The smallest absolute Gasteiger partial charge is 0.120 e. The van der Waals surface area contributed by atoms with Gasteiger partial charge >= 0.3 is 0 Å². The Balaban J connectivity index is 2.12. The van der Waals surface area contributed by atoms with Gasteiger partial charge in [-0.15, -0.1) is 0 Å². The van der Waals surface area contributed by atoms with E-state index in [2.05, 4.69) is 6.07 Å². The summed E-state index contributed by atoms with van der Waals surface area (Å²) in [5.41, 5.74) is 10.1. The van der Waals surface area contributed by atoms with Crippen molar-refractivity contribution < 1.29 is 5.11 Å². The van der Waals surface area contributed by atoms with Crippen LogP contribution in [0.1, 0.15) is 55.2 Å². The second-order valence-corrected chi connectivity index (χ2v) is 5.67. The highest BCUT2D eigenvalue weighted by Gasteiger charge is 2.38. The molecule has 1 aromatic rings. The van der Waals surface area contributed by atoms with Gasteiger partial charge in [-0.1, -0.05) is 12.5 Å². The van der Waals surface area contributed by atoms with Gasteiger partial charge in [-0.05, 0) is 62.1 Å². The molecule has 2 heteroatoms. The Kier molecular flexibility index (Phi) is 2.62. The van der Waals surface area contributed by atoms with E-state index in [0.717, 1.165) is 31.2 Å².